The third kappa shape index (κ3) is 9.03. The van der Waals surface area contributed by atoms with E-state index in [-0.39, 0.29) is 30.6 Å². The Balaban J connectivity index is 4.93. The van der Waals surface area contributed by atoms with Crippen molar-refractivity contribution in [3.8, 4) is 0 Å². The maximum atomic E-state index is 12.1. The van der Waals surface area contributed by atoms with Crippen LogP contribution in [0, 0.1) is 0 Å². The van der Waals surface area contributed by atoms with E-state index >= 15 is 0 Å². The first-order valence-electron chi connectivity index (χ1n) is 7.85. The van der Waals surface area contributed by atoms with E-state index in [0.29, 0.717) is 0 Å². The summed E-state index contributed by atoms with van der Waals surface area (Å²) in [6, 6.07) is 0. The van der Waals surface area contributed by atoms with Crippen LogP contribution >= 0.6 is 0 Å². The van der Waals surface area contributed by atoms with E-state index in [2.05, 4.69) is 0 Å². The summed E-state index contributed by atoms with van der Waals surface area (Å²) in [6.07, 6.45) is 0.804. The Hall–Kier alpha value is -1.10. The van der Waals surface area contributed by atoms with Crippen LogP contribution < -0.4 is 0 Å². The summed E-state index contributed by atoms with van der Waals surface area (Å²) in [6.45, 7) is 17.1. The molecule has 0 fully saturated rings. The summed E-state index contributed by atoms with van der Waals surface area (Å²) < 4.78 is 10.7. The molecule has 0 aliphatic rings. The minimum Gasteiger partial charge on any atom is -0.459 e. The second-order valence-corrected chi connectivity index (χ2v) is 8.19. The standard InChI is InChI=1S/C17H33NO4/c1-10-17(8,9)18(11-13(19)21-15(2,3)4)12-14(20)22-16(5,6)7/h10-12H2,1-9H3. The van der Waals surface area contributed by atoms with Crippen LogP contribution in [0.2, 0.25) is 0 Å². The normalized spacial score (nSPS) is 13.2. The molecule has 0 aliphatic carbocycles. The Bertz CT molecular complexity index is 358. The molecule has 0 aliphatic heterocycles. The molecule has 22 heavy (non-hydrogen) atoms. The van der Waals surface area contributed by atoms with Gasteiger partial charge in [-0.3, -0.25) is 14.5 Å². The van der Waals surface area contributed by atoms with E-state index in [9.17, 15) is 9.59 Å². The van der Waals surface area contributed by atoms with E-state index < -0.39 is 11.2 Å². The first kappa shape index (κ1) is 20.9. The van der Waals surface area contributed by atoms with Gasteiger partial charge in [0.25, 0.3) is 0 Å². The molecule has 0 aromatic heterocycles. The molecule has 0 aromatic rings. The van der Waals surface area contributed by atoms with Crippen molar-refractivity contribution in [3.63, 3.8) is 0 Å². The average Bonchev–Trinajstić information content (AvgIpc) is 2.22. The smallest absolute Gasteiger partial charge is 0.320 e. The molecule has 0 N–H and O–H groups in total. The summed E-state index contributed by atoms with van der Waals surface area (Å²) in [5.74, 6) is -0.671. The van der Waals surface area contributed by atoms with Crippen LogP contribution in [0.4, 0.5) is 0 Å². The fourth-order valence-corrected chi connectivity index (χ4v) is 1.77. The molecule has 0 bridgehead atoms. The number of rotatable bonds is 6. The number of nitrogens with zero attached hydrogens (tertiary/aromatic N) is 1. The van der Waals surface area contributed by atoms with E-state index in [1.54, 1.807) is 0 Å². The molecule has 0 spiro atoms. The van der Waals surface area contributed by atoms with Crippen molar-refractivity contribution in [1.29, 1.82) is 0 Å². The maximum Gasteiger partial charge on any atom is 0.320 e. The number of carbonyl (C=O) groups is 2. The third-order valence-electron chi connectivity index (χ3n) is 3.20. The van der Waals surface area contributed by atoms with Gasteiger partial charge in [0.15, 0.2) is 0 Å². The molecule has 0 saturated carbocycles. The Labute approximate surface area is 135 Å². The topological polar surface area (TPSA) is 55.8 Å². The fraction of sp³-hybridized carbons (Fsp3) is 0.882. The van der Waals surface area contributed by atoms with Gasteiger partial charge in [-0.15, -0.1) is 0 Å². The highest BCUT2D eigenvalue weighted by atomic mass is 16.6. The van der Waals surface area contributed by atoms with Gasteiger partial charge < -0.3 is 9.47 Å². The predicted octanol–water partition coefficient (Wildman–Crippen LogP) is 3.16. The molecule has 0 rings (SSSR count). The number of esters is 2. The zero-order valence-corrected chi connectivity index (χ0v) is 15.7. The Morgan fingerprint density at radius 1 is 0.773 bits per heavy atom. The van der Waals surface area contributed by atoms with Crippen LogP contribution in [0.5, 0.6) is 0 Å². The number of hydrogen-bond acceptors (Lipinski definition) is 5. The van der Waals surface area contributed by atoms with E-state index in [1.807, 2.05) is 67.2 Å². The lowest BCUT2D eigenvalue weighted by Crippen LogP contribution is -2.50. The van der Waals surface area contributed by atoms with Crippen LogP contribution in [0.3, 0.4) is 0 Å². The lowest BCUT2D eigenvalue weighted by Gasteiger charge is -2.37. The largest absolute Gasteiger partial charge is 0.459 e. The molecule has 130 valence electrons. The lowest BCUT2D eigenvalue weighted by molar-refractivity contribution is -0.162. The van der Waals surface area contributed by atoms with Gasteiger partial charge in [-0.2, -0.15) is 0 Å². The minimum absolute atomic E-state index is 0.0668. The van der Waals surface area contributed by atoms with Gasteiger partial charge in [0.05, 0.1) is 13.1 Å². The molecule has 0 saturated heterocycles. The van der Waals surface area contributed by atoms with Gasteiger partial charge in [0, 0.05) is 5.54 Å². The average molecular weight is 315 g/mol. The molecule has 0 unspecified atom stereocenters. The monoisotopic (exact) mass is 315 g/mol. The Kier molecular flexibility index (Phi) is 7.07. The second-order valence-electron chi connectivity index (χ2n) is 8.19. The van der Waals surface area contributed by atoms with Crippen LogP contribution in [-0.4, -0.2) is 46.7 Å². The molecule has 0 aromatic carbocycles. The van der Waals surface area contributed by atoms with Crippen molar-refractivity contribution < 1.29 is 19.1 Å². The highest BCUT2D eigenvalue weighted by Crippen LogP contribution is 2.20. The van der Waals surface area contributed by atoms with Crippen molar-refractivity contribution >= 4 is 11.9 Å². The summed E-state index contributed by atoms with van der Waals surface area (Å²) >= 11 is 0. The molecular weight excluding hydrogens is 282 g/mol. The zero-order valence-electron chi connectivity index (χ0n) is 15.7. The van der Waals surface area contributed by atoms with Crippen molar-refractivity contribution in [3.05, 3.63) is 0 Å². The highest BCUT2D eigenvalue weighted by molar-refractivity contribution is 5.75. The van der Waals surface area contributed by atoms with Crippen molar-refractivity contribution in [1.82, 2.24) is 4.90 Å². The summed E-state index contributed by atoms with van der Waals surface area (Å²) in [5.41, 5.74) is -1.37. The summed E-state index contributed by atoms with van der Waals surface area (Å²) in [7, 11) is 0. The van der Waals surface area contributed by atoms with Gasteiger partial charge in [-0.25, -0.2) is 0 Å². The first-order chi connectivity index (χ1) is 9.66. The summed E-state index contributed by atoms with van der Waals surface area (Å²) in [5, 5.41) is 0. The third-order valence-corrected chi connectivity index (χ3v) is 3.20. The van der Waals surface area contributed by atoms with Crippen LogP contribution in [0.1, 0.15) is 68.7 Å². The Morgan fingerprint density at radius 2 is 1.09 bits per heavy atom. The van der Waals surface area contributed by atoms with Crippen molar-refractivity contribution in [2.75, 3.05) is 13.1 Å². The number of hydrogen-bond donors (Lipinski definition) is 0. The van der Waals surface area contributed by atoms with Gasteiger partial charge in [-0.05, 0) is 61.8 Å². The van der Waals surface area contributed by atoms with Crippen molar-refractivity contribution in [2.45, 2.75) is 85.5 Å². The van der Waals surface area contributed by atoms with E-state index in [0.717, 1.165) is 6.42 Å². The summed E-state index contributed by atoms with van der Waals surface area (Å²) in [4.78, 5) is 26.0. The minimum atomic E-state index is -0.537. The number of carbonyl (C=O) groups excluding carboxylic acids is 2. The van der Waals surface area contributed by atoms with Crippen LogP contribution in [0.15, 0.2) is 0 Å². The molecule has 5 nitrogen and oxygen atoms in total. The molecular formula is C17H33NO4. The lowest BCUT2D eigenvalue weighted by atomic mass is 9.99. The van der Waals surface area contributed by atoms with Crippen LogP contribution in [-0.2, 0) is 19.1 Å². The molecule has 0 amide bonds. The first-order valence-corrected chi connectivity index (χ1v) is 7.85. The van der Waals surface area contributed by atoms with Crippen LogP contribution in [0.25, 0.3) is 0 Å². The van der Waals surface area contributed by atoms with E-state index in [4.69, 9.17) is 9.47 Å². The predicted molar refractivity (Wildman–Crippen MR) is 87.6 cm³/mol. The van der Waals surface area contributed by atoms with Gasteiger partial charge >= 0.3 is 11.9 Å². The molecule has 0 atom stereocenters. The fourth-order valence-electron chi connectivity index (χ4n) is 1.77. The molecule has 0 radical (unpaired) electrons. The van der Waals surface area contributed by atoms with Gasteiger partial charge in [-0.1, -0.05) is 6.92 Å². The number of ether oxygens (including phenoxy) is 2. The SMILES string of the molecule is CCC(C)(C)N(CC(=O)OC(C)(C)C)CC(=O)OC(C)(C)C. The van der Waals surface area contributed by atoms with E-state index in [1.165, 1.54) is 0 Å². The van der Waals surface area contributed by atoms with Gasteiger partial charge in [0.1, 0.15) is 11.2 Å². The Morgan fingerprint density at radius 3 is 1.32 bits per heavy atom. The van der Waals surface area contributed by atoms with Crippen molar-refractivity contribution in [2.24, 2.45) is 0 Å². The maximum absolute atomic E-state index is 12.1. The second kappa shape index (κ2) is 7.44. The quantitative estimate of drug-likeness (QED) is 0.705. The zero-order chi connectivity index (χ0) is 17.8. The molecule has 5 heteroatoms. The molecule has 0 heterocycles. The van der Waals surface area contributed by atoms with Gasteiger partial charge in [0.2, 0.25) is 0 Å². The highest BCUT2D eigenvalue weighted by Gasteiger charge is 2.31.